The van der Waals surface area contributed by atoms with Crippen LogP contribution < -0.4 is 0 Å². The molecule has 2 saturated heterocycles. The molecule has 2 aliphatic rings. The van der Waals surface area contributed by atoms with Crippen molar-refractivity contribution in [1.82, 2.24) is 15.0 Å². The standard InChI is InChI=1S/C22H28FN3O2/c1-16(2)20-12-19(24-28-20)21(27)26-11-9-22(15-26)8-3-10-25(14-22)13-17-4-6-18(23)7-5-17/h4-7,12,16H,3,8-11,13-15H2,1-2H3/t22-/m1/s1. The van der Waals surface area contributed by atoms with E-state index in [0.29, 0.717) is 5.69 Å². The Bertz CT molecular complexity index is 833. The molecule has 28 heavy (non-hydrogen) atoms. The average Bonchev–Trinajstić information content (AvgIpc) is 3.31. The first-order valence-electron chi connectivity index (χ1n) is 10.2. The fraction of sp³-hybridized carbons (Fsp3) is 0.545. The summed E-state index contributed by atoms with van der Waals surface area (Å²) in [6.45, 7) is 8.45. The number of likely N-dealkylation sites (tertiary alicyclic amines) is 2. The van der Waals surface area contributed by atoms with Gasteiger partial charge in [0, 0.05) is 43.6 Å². The van der Waals surface area contributed by atoms with Gasteiger partial charge in [-0.3, -0.25) is 9.69 Å². The number of piperidine rings is 1. The van der Waals surface area contributed by atoms with Crippen molar-refractivity contribution in [3.63, 3.8) is 0 Å². The number of amides is 1. The first-order chi connectivity index (χ1) is 13.4. The van der Waals surface area contributed by atoms with Gasteiger partial charge in [0.1, 0.15) is 11.6 Å². The SMILES string of the molecule is CC(C)c1cc(C(=O)N2CC[C@@]3(CCCN(Cc4ccc(F)cc4)C3)C2)no1. The lowest BCUT2D eigenvalue weighted by atomic mass is 9.79. The molecule has 1 spiro atoms. The van der Waals surface area contributed by atoms with Gasteiger partial charge in [-0.15, -0.1) is 0 Å². The van der Waals surface area contributed by atoms with Gasteiger partial charge >= 0.3 is 0 Å². The minimum Gasteiger partial charge on any atom is -0.360 e. The third-order valence-corrected chi connectivity index (χ3v) is 6.10. The quantitative estimate of drug-likeness (QED) is 0.796. The molecular formula is C22H28FN3O2. The van der Waals surface area contributed by atoms with Gasteiger partial charge in [0.15, 0.2) is 5.69 Å². The number of aromatic nitrogens is 1. The Morgan fingerprint density at radius 1 is 1.21 bits per heavy atom. The summed E-state index contributed by atoms with van der Waals surface area (Å²) in [5, 5.41) is 3.99. The highest BCUT2D eigenvalue weighted by atomic mass is 19.1. The smallest absolute Gasteiger partial charge is 0.276 e. The number of carbonyl (C=O) groups excluding carboxylic acids is 1. The fourth-order valence-electron chi connectivity index (χ4n) is 4.56. The largest absolute Gasteiger partial charge is 0.360 e. The van der Waals surface area contributed by atoms with Crippen LogP contribution in [-0.2, 0) is 6.54 Å². The van der Waals surface area contributed by atoms with E-state index in [1.807, 2.05) is 30.9 Å². The number of hydrogen-bond acceptors (Lipinski definition) is 4. The van der Waals surface area contributed by atoms with Crippen LogP contribution in [0.15, 0.2) is 34.9 Å². The molecule has 2 aromatic rings. The summed E-state index contributed by atoms with van der Waals surface area (Å²) >= 11 is 0. The Kier molecular flexibility index (Phi) is 5.23. The van der Waals surface area contributed by atoms with Crippen molar-refractivity contribution in [2.45, 2.75) is 45.6 Å². The van der Waals surface area contributed by atoms with E-state index in [0.717, 1.165) is 63.3 Å². The molecular weight excluding hydrogens is 357 g/mol. The predicted octanol–water partition coefficient (Wildman–Crippen LogP) is 4.07. The van der Waals surface area contributed by atoms with E-state index < -0.39 is 0 Å². The van der Waals surface area contributed by atoms with Gasteiger partial charge in [0.2, 0.25) is 0 Å². The molecule has 1 amide bonds. The van der Waals surface area contributed by atoms with E-state index in [1.54, 1.807) is 6.07 Å². The summed E-state index contributed by atoms with van der Waals surface area (Å²) in [6.07, 6.45) is 3.30. The summed E-state index contributed by atoms with van der Waals surface area (Å²) in [7, 11) is 0. The van der Waals surface area contributed by atoms with E-state index in [9.17, 15) is 9.18 Å². The molecule has 6 heteroatoms. The maximum absolute atomic E-state index is 13.1. The molecule has 2 fully saturated rings. The monoisotopic (exact) mass is 385 g/mol. The molecule has 1 aromatic heterocycles. The highest BCUT2D eigenvalue weighted by Crippen LogP contribution is 2.39. The van der Waals surface area contributed by atoms with E-state index >= 15 is 0 Å². The van der Waals surface area contributed by atoms with Crippen LogP contribution in [0.25, 0.3) is 0 Å². The highest BCUT2D eigenvalue weighted by Gasteiger charge is 2.43. The van der Waals surface area contributed by atoms with Gasteiger partial charge in [-0.25, -0.2) is 4.39 Å². The number of rotatable bonds is 4. The minimum atomic E-state index is -0.197. The molecule has 0 aliphatic carbocycles. The summed E-state index contributed by atoms with van der Waals surface area (Å²) in [5.41, 5.74) is 1.70. The zero-order valence-electron chi connectivity index (χ0n) is 16.7. The Labute approximate surface area is 165 Å². The Balaban J connectivity index is 1.40. The third kappa shape index (κ3) is 3.97. The lowest BCUT2D eigenvalue weighted by Gasteiger charge is -2.40. The molecule has 2 aliphatic heterocycles. The Morgan fingerprint density at radius 2 is 2.00 bits per heavy atom. The normalized spacial score (nSPS) is 23.1. The van der Waals surface area contributed by atoms with Gasteiger partial charge in [-0.05, 0) is 43.5 Å². The first kappa shape index (κ1) is 19.1. The van der Waals surface area contributed by atoms with Crippen LogP contribution in [0.5, 0.6) is 0 Å². The van der Waals surface area contributed by atoms with Crippen molar-refractivity contribution in [3.8, 4) is 0 Å². The molecule has 0 N–H and O–H groups in total. The summed E-state index contributed by atoms with van der Waals surface area (Å²) in [4.78, 5) is 17.2. The lowest BCUT2D eigenvalue weighted by Crippen LogP contribution is -2.45. The summed E-state index contributed by atoms with van der Waals surface area (Å²) < 4.78 is 18.5. The van der Waals surface area contributed by atoms with Crippen LogP contribution >= 0.6 is 0 Å². The Hall–Kier alpha value is -2.21. The molecule has 1 aromatic carbocycles. The second kappa shape index (κ2) is 7.66. The van der Waals surface area contributed by atoms with Crippen LogP contribution in [0.4, 0.5) is 4.39 Å². The van der Waals surface area contributed by atoms with Gasteiger partial charge < -0.3 is 9.42 Å². The molecule has 0 saturated carbocycles. The van der Waals surface area contributed by atoms with Crippen LogP contribution in [0, 0.1) is 11.2 Å². The van der Waals surface area contributed by atoms with Crippen LogP contribution in [0.3, 0.4) is 0 Å². The number of nitrogens with zero attached hydrogens (tertiary/aromatic N) is 3. The highest BCUT2D eigenvalue weighted by molar-refractivity contribution is 5.92. The predicted molar refractivity (Wildman–Crippen MR) is 104 cm³/mol. The van der Waals surface area contributed by atoms with Crippen LogP contribution in [-0.4, -0.2) is 47.0 Å². The van der Waals surface area contributed by atoms with E-state index in [-0.39, 0.29) is 23.1 Å². The van der Waals surface area contributed by atoms with E-state index in [1.165, 1.54) is 12.1 Å². The second-order valence-corrected chi connectivity index (χ2v) is 8.69. The number of hydrogen-bond donors (Lipinski definition) is 0. The fourth-order valence-corrected chi connectivity index (χ4v) is 4.56. The topological polar surface area (TPSA) is 49.6 Å². The van der Waals surface area contributed by atoms with Gasteiger partial charge in [0.05, 0.1) is 0 Å². The maximum atomic E-state index is 13.1. The molecule has 5 nitrogen and oxygen atoms in total. The zero-order chi connectivity index (χ0) is 19.7. The van der Waals surface area contributed by atoms with Crippen molar-refractivity contribution in [3.05, 3.63) is 53.2 Å². The van der Waals surface area contributed by atoms with Crippen molar-refractivity contribution >= 4 is 5.91 Å². The third-order valence-electron chi connectivity index (χ3n) is 6.10. The first-order valence-corrected chi connectivity index (χ1v) is 10.2. The molecule has 1 atom stereocenters. The number of carbonyl (C=O) groups is 1. The van der Waals surface area contributed by atoms with Crippen LogP contribution in [0.2, 0.25) is 0 Å². The average molecular weight is 385 g/mol. The van der Waals surface area contributed by atoms with Crippen molar-refractivity contribution in [2.24, 2.45) is 5.41 Å². The van der Waals surface area contributed by atoms with E-state index in [2.05, 4.69) is 10.1 Å². The summed E-state index contributed by atoms with van der Waals surface area (Å²) in [5.74, 6) is 0.748. The zero-order valence-corrected chi connectivity index (χ0v) is 16.7. The maximum Gasteiger partial charge on any atom is 0.276 e. The van der Waals surface area contributed by atoms with Crippen molar-refractivity contribution in [1.29, 1.82) is 0 Å². The molecule has 0 unspecified atom stereocenters. The van der Waals surface area contributed by atoms with E-state index in [4.69, 9.17) is 4.52 Å². The van der Waals surface area contributed by atoms with Crippen LogP contribution in [0.1, 0.15) is 60.8 Å². The minimum absolute atomic E-state index is 0.0248. The number of benzene rings is 1. The Morgan fingerprint density at radius 3 is 2.71 bits per heavy atom. The molecule has 0 bridgehead atoms. The van der Waals surface area contributed by atoms with Crippen molar-refractivity contribution in [2.75, 3.05) is 26.2 Å². The van der Waals surface area contributed by atoms with Crippen molar-refractivity contribution < 1.29 is 13.7 Å². The summed E-state index contributed by atoms with van der Waals surface area (Å²) in [6, 6.07) is 8.54. The van der Waals surface area contributed by atoms with Gasteiger partial charge in [0.25, 0.3) is 5.91 Å². The van der Waals surface area contributed by atoms with Gasteiger partial charge in [-0.2, -0.15) is 0 Å². The van der Waals surface area contributed by atoms with Gasteiger partial charge in [-0.1, -0.05) is 31.1 Å². The molecule has 150 valence electrons. The molecule has 4 rings (SSSR count). The molecule has 3 heterocycles. The second-order valence-electron chi connectivity index (χ2n) is 8.69. The number of halogens is 1. The molecule has 0 radical (unpaired) electrons. The lowest BCUT2D eigenvalue weighted by molar-refractivity contribution is 0.0667.